The van der Waals surface area contributed by atoms with Gasteiger partial charge in [0.15, 0.2) is 0 Å². The number of nitrogens with one attached hydrogen (secondary N) is 2. The third kappa shape index (κ3) is 9.28. The highest BCUT2D eigenvalue weighted by molar-refractivity contribution is 6.76. The van der Waals surface area contributed by atoms with E-state index in [9.17, 15) is 14.7 Å². The minimum Gasteiger partial charge on any atom is -0.506 e. The van der Waals surface area contributed by atoms with Crippen molar-refractivity contribution in [3.05, 3.63) is 41.6 Å². The predicted molar refractivity (Wildman–Crippen MR) is 168 cm³/mol. The Kier molecular flexibility index (Phi) is 12.0. The number of carbonyl (C=O) groups is 2. The molecule has 1 atom stereocenters. The molecule has 0 aliphatic heterocycles. The van der Waals surface area contributed by atoms with Gasteiger partial charge >= 0.3 is 0 Å². The Hall–Kier alpha value is -2.93. The maximum atomic E-state index is 13.3. The number of pyridine rings is 1. The molecule has 14 heteroatoms. The van der Waals surface area contributed by atoms with E-state index in [0.717, 1.165) is 11.7 Å². The van der Waals surface area contributed by atoms with Crippen molar-refractivity contribution < 1.29 is 19.4 Å². The lowest BCUT2D eigenvalue weighted by atomic mass is 10.1. The van der Waals surface area contributed by atoms with Gasteiger partial charge in [0, 0.05) is 44.7 Å². The van der Waals surface area contributed by atoms with Gasteiger partial charge in [-0.2, -0.15) is 10.2 Å². The summed E-state index contributed by atoms with van der Waals surface area (Å²) in [5.41, 5.74) is 3.19. The molecule has 0 aliphatic carbocycles. The van der Waals surface area contributed by atoms with Crippen molar-refractivity contribution in [3.8, 4) is 17.0 Å². The van der Waals surface area contributed by atoms with Crippen LogP contribution in [-0.2, 0) is 22.8 Å². The van der Waals surface area contributed by atoms with Gasteiger partial charge in [-0.3, -0.25) is 19.3 Å². The zero-order valence-corrected chi connectivity index (χ0v) is 27.6. The number of hydrogen-bond donors (Lipinski definition) is 3. The van der Waals surface area contributed by atoms with Gasteiger partial charge in [-0.05, 0) is 52.1 Å². The summed E-state index contributed by atoms with van der Waals surface area (Å²) in [6, 6.07) is 3.20. The molecule has 3 aromatic rings. The number of ether oxygens (including phenoxy) is 1. The fourth-order valence-corrected chi connectivity index (χ4v) is 5.46. The molecule has 2 amide bonds. The molecule has 0 bridgehead atoms. The zero-order valence-electron chi connectivity index (χ0n) is 25.1. The molecule has 3 aromatic heterocycles. The maximum absolute atomic E-state index is 13.3. The number of amides is 2. The second-order valence-electron chi connectivity index (χ2n) is 11.4. The molecular weight excluding hydrogens is 597 g/mol. The van der Waals surface area contributed by atoms with Crippen LogP contribution in [0.1, 0.15) is 48.1 Å². The average molecular weight is 639 g/mol. The number of rotatable bonds is 15. The lowest BCUT2D eigenvalue weighted by molar-refractivity contribution is -0.118. The largest absolute Gasteiger partial charge is 0.506 e. The summed E-state index contributed by atoms with van der Waals surface area (Å²) in [7, 11) is -1.20. The molecule has 0 spiro atoms. The summed E-state index contributed by atoms with van der Waals surface area (Å²) in [6.45, 7) is 14.0. The van der Waals surface area contributed by atoms with Crippen LogP contribution in [0.5, 0.6) is 5.75 Å². The van der Waals surface area contributed by atoms with Crippen molar-refractivity contribution in [1.82, 2.24) is 29.9 Å². The van der Waals surface area contributed by atoms with Crippen LogP contribution in [-0.4, -0.2) is 67.0 Å². The fourth-order valence-electron chi connectivity index (χ4n) is 4.39. The van der Waals surface area contributed by atoms with E-state index >= 15 is 0 Å². The van der Waals surface area contributed by atoms with E-state index in [4.69, 9.17) is 27.9 Å². The number of aryl methyl sites for hydroxylation is 2. The second kappa shape index (κ2) is 15.0. The third-order valence-corrected chi connectivity index (χ3v) is 8.89. The van der Waals surface area contributed by atoms with E-state index in [1.54, 1.807) is 15.4 Å². The first-order valence-corrected chi connectivity index (χ1v) is 18.6. The standard InChI is InChI=1S/C28H41Cl2N7O4Si/c1-7-36-22(11-12-32-36)28(40)34-21(9-8-10-24(29)30)27(39)33-20-15-23(38)26(31-16-20)25-18(2)35-37(19(25)3)17-41-13-14-42(4,5)6/h11-12,15-16,21,24,38H,7-10,13-14,17H2,1-6H3,(H,33,39)(H,34,40)/t21-/m0/s1. The first-order chi connectivity index (χ1) is 19.8. The molecule has 230 valence electrons. The third-order valence-electron chi connectivity index (χ3n) is 6.75. The van der Waals surface area contributed by atoms with Crippen molar-refractivity contribution in [2.24, 2.45) is 0 Å². The Morgan fingerprint density at radius 3 is 2.55 bits per heavy atom. The smallest absolute Gasteiger partial charge is 0.270 e. The molecular formula is C28H41Cl2N7O4Si. The second-order valence-corrected chi connectivity index (χ2v) is 18.3. The van der Waals surface area contributed by atoms with Crippen molar-refractivity contribution in [2.45, 2.75) is 89.9 Å². The van der Waals surface area contributed by atoms with E-state index in [-0.39, 0.29) is 11.4 Å². The maximum Gasteiger partial charge on any atom is 0.270 e. The van der Waals surface area contributed by atoms with Crippen LogP contribution in [0.3, 0.4) is 0 Å². The minimum absolute atomic E-state index is 0.113. The minimum atomic E-state index is -1.20. The molecule has 0 radical (unpaired) electrons. The van der Waals surface area contributed by atoms with E-state index in [1.807, 2.05) is 20.8 Å². The summed E-state index contributed by atoms with van der Waals surface area (Å²) >= 11 is 11.7. The number of aromatic hydroxyl groups is 1. The Bertz CT molecular complexity index is 1370. The van der Waals surface area contributed by atoms with Gasteiger partial charge in [0.25, 0.3) is 5.91 Å². The molecule has 0 saturated carbocycles. The number of carbonyl (C=O) groups excluding carboxylic acids is 2. The van der Waals surface area contributed by atoms with E-state index in [0.29, 0.717) is 61.8 Å². The fraction of sp³-hybridized carbons (Fsp3) is 0.536. The van der Waals surface area contributed by atoms with Gasteiger partial charge < -0.3 is 20.5 Å². The SMILES string of the molecule is CCn1nccc1C(=O)N[C@@H](CCCC(Cl)Cl)C(=O)Nc1cnc(-c2c(C)nn(COCC[Si](C)(C)C)c2C)c(O)c1. The summed E-state index contributed by atoms with van der Waals surface area (Å²) in [4.78, 5) is 30.1. The monoisotopic (exact) mass is 637 g/mol. The number of halogens is 2. The van der Waals surface area contributed by atoms with Crippen LogP contribution in [0.2, 0.25) is 25.7 Å². The molecule has 0 unspecified atom stereocenters. The predicted octanol–water partition coefficient (Wildman–Crippen LogP) is 5.51. The summed E-state index contributed by atoms with van der Waals surface area (Å²) in [5.74, 6) is -1.000. The van der Waals surface area contributed by atoms with E-state index in [1.165, 1.54) is 18.5 Å². The first kappa shape index (κ1) is 33.6. The lowest BCUT2D eigenvalue weighted by Crippen LogP contribution is -2.44. The van der Waals surface area contributed by atoms with Gasteiger partial charge in [-0.1, -0.05) is 19.6 Å². The molecule has 3 N–H and O–H groups in total. The van der Waals surface area contributed by atoms with Gasteiger partial charge in [0.2, 0.25) is 5.91 Å². The van der Waals surface area contributed by atoms with Crippen LogP contribution in [0.15, 0.2) is 24.5 Å². The Labute approximate surface area is 258 Å². The highest BCUT2D eigenvalue weighted by Crippen LogP contribution is 2.33. The molecule has 42 heavy (non-hydrogen) atoms. The molecule has 0 aromatic carbocycles. The number of alkyl halides is 2. The molecule has 3 heterocycles. The topological polar surface area (TPSA) is 136 Å². The van der Waals surface area contributed by atoms with E-state index in [2.05, 4.69) is 45.5 Å². The summed E-state index contributed by atoms with van der Waals surface area (Å²) < 4.78 is 9.16. The van der Waals surface area contributed by atoms with Crippen molar-refractivity contribution in [3.63, 3.8) is 0 Å². The average Bonchev–Trinajstić information content (AvgIpc) is 3.49. The quantitative estimate of drug-likeness (QED) is 0.114. The van der Waals surface area contributed by atoms with Crippen LogP contribution in [0, 0.1) is 13.8 Å². The van der Waals surface area contributed by atoms with Crippen LogP contribution >= 0.6 is 23.2 Å². The van der Waals surface area contributed by atoms with Gasteiger partial charge in [0.05, 0.1) is 17.6 Å². The summed E-state index contributed by atoms with van der Waals surface area (Å²) in [6.07, 6.45) is 4.27. The Balaban J connectivity index is 1.73. The Morgan fingerprint density at radius 1 is 1.17 bits per heavy atom. The molecule has 0 fully saturated rings. The molecule has 0 saturated heterocycles. The molecule has 11 nitrogen and oxygen atoms in total. The highest BCUT2D eigenvalue weighted by Gasteiger charge is 2.24. The lowest BCUT2D eigenvalue weighted by Gasteiger charge is -2.19. The van der Waals surface area contributed by atoms with Gasteiger partial charge in [-0.15, -0.1) is 23.2 Å². The van der Waals surface area contributed by atoms with Crippen molar-refractivity contribution in [2.75, 3.05) is 11.9 Å². The number of nitrogens with zero attached hydrogens (tertiary/aromatic N) is 5. The number of hydrogen-bond acceptors (Lipinski definition) is 7. The molecule has 0 aliphatic rings. The highest BCUT2D eigenvalue weighted by atomic mass is 35.5. The van der Waals surface area contributed by atoms with Crippen molar-refractivity contribution in [1.29, 1.82) is 0 Å². The first-order valence-electron chi connectivity index (χ1n) is 14.0. The van der Waals surface area contributed by atoms with Crippen LogP contribution < -0.4 is 10.6 Å². The number of aromatic nitrogens is 5. The normalized spacial score (nSPS) is 12.5. The Morgan fingerprint density at radius 2 is 1.90 bits per heavy atom. The van der Waals surface area contributed by atoms with Crippen molar-refractivity contribution >= 4 is 48.8 Å². The van der Waals surface area contributed by atoms with Gasteiger partial charge in [-0.25, -0.2) is 4.68 Å². The van der Waals surface area contributed by atoms with E-state index < -0.39 is 30.8 Å². The molecule has 3 rings (SSSR count). The van der Waals surface area contributed by atoms with Crippen LogP contribution in [0.4, 0.5) is 5.69 Å². The number of anilines is 1. The van der Waals surface area contributed by atoms with Crippen LogP contribution in [0.25, 0.3) is 11.3 Å². The summed E-state index contributed by atoms with van der Waals surface area (Å²) in [5, 5.41) is 25.1. The zero-order chi connectivity index (χ0) is 31.0. The van der Waals surface area contributed by atoms with Gasteiger partial charge in [0.1, 0.15) is 34.7 Å².